The van der Waals surface area contributed by atoms with E-state index in [0.29, 0.717) is 11.1 Å². The molecule has 2 bridgehead atoms. The number of ether oxygens (including phenoxy) is 1. The summed E-state index contributed by atoms with van der Waals surface area (Å²) >= 11 is 0. The zero-order valence-electron chi connectivity index (χ0n) is 12.6. The molecular formula is C15H22N2O3. The highest BCUT2D eigenvalue weighted by Gasteiger charge is 2.51. The van der Waals surface area contributed by atoms with Crippen LogP contribution in [0.25, 0.3) is 0 Å². The molecule has 2 atom stereocenters. The van der Waals surface area contributed by atoms with Gasteiger partial charge in [-0.05, 0) is 40.7 Å². The highest BCUT2D eigenvalue weighted by atomic mass is 16.5. The summed E-state index contributed by atoms with van der Waals surface area (Å²) in [6.07, 6.45) is 3.12. The number of primary amides is 1. The van der Waals surface area contributed by atoms with Gasteiger partial charge in [-0.3, -0.25) is 9.59 Å². The van der Waals surface area contributed by atoms with Crippen molar-refractivity contribution >= 4 is 11.8 Å². The minimum Gasteiger partial charge on any atom is -0.366 e. The Balaban J connectivity index is 2.49. The van der Waals surface area contributed by atoms with E-state index in [4.69, 9.17) is 10.5 Å². The molecule has 0 aromatic rings. The van der Waals surface area contributed by atoms with Crippen LogP contribution in [0.15, 0.2) is 23.3 Å². The maximum atomic E-state index is 12.9. The molecule has 0 aromatic heterocycles. The maximum absolute atomic E-state index is 12.9. The topological polar surface area (TPSA) is 72.6 Å². The van der Waals surface area contributed by atoms with Crippen LogP contribution in [-0.4, -0.2) is 40.5 Å². The molecule has 2 aliphatic heterocycles. The number of carbonyl (C=O) groups is 2. The van der Waals surface area contributed by atoms with Crippen LogP contribution in [0.4, 0.5) is 0 Å². The predicted octanol–water partition coefficient (Wildman–Crippen LogP) is 1.14. The van der Waals surface area contributed by atoms with Gasteiger partial charge in [0, 0.05) is 12.1 Å². The second-order valence-electron chi connectivity index (χ2n) is 6.06. The maximum Gasteiger partial charge on any atom is 0.254 e. The average Bonchev–Trinajstić information content (AvgIpc) is 2.80. The van der Waals surface area contributed by atoms with Crippen LogP contribution < -0.4 is 5.73 Å². The van der Waals surface area contributed by atoms with E-state index in [1.165, 1.54) is 0 Å². The second kappa shape index (κ2) is 4.74. The molecule has 0 aromatic carbocycles. The van der Waals surface area contributed by atoms with Crippen molar-refractivity contribution < 1.29 is 14.3 Å². The van der Waals surface area contributed by atoms with Crippen molar-refractivity contribution in [1.82, 2.24) is 4.90 Å². The fourth-order valence-electron chi connectivity index (χ4n) is 3.11. The summed E-state index contributed by atoms with van der Waals surface area (Å²) in [5.74, 6) is -0.753. The number of nitrogens with two attached hydrogens (primary N) is 1. The summed E-state index contributed by atoms with van der Waals surface area (Å²) in [5.41, 5.74) is 5.29. The zero-order chi connectivity index (χ0) is 15.2. The van der Waals surface area contributed by atoms with Gasteiger partial charge >= 0.3 is 0 Å². The average molecular weight is 278 g/mol. The lowest BCUT2D eigenvalue weighted by Crippen LogP contribution is -2.46. The lowest BCUT2D eigenvalue weighted by Gasteiger charge is -2.34. The third-order valence-corrected chi connectivity index (χ3v) is 3.84. The van der Waals surface area contributed by atoms with Gasteiger partial charge in [0.15, 0.2) is 0 Å². The molecule has 0 radical (unpaired) electrons. The van der Waals surface area contributed by atoms with Gasteiger partial charge in [-0.1, -0.05) is 6.08 Å². The predicted molar refractivity (Wildman–Crippen MR) is 75.8 cm³/mol. The lowest BCUT2D eigenvalue weighted by atomic mass is 9.86. The number of amides is 2. The van der Waals surface area contributed by atoms with E-state index < -0.39 is 17.6 Å². The molecule has 2 amide bonds. The molecule has 0 saturated carbocycles. The van der Waals surface area contributed by atoms with E-state index in [0.717, 1.165) is 0 Å². The van der Waals surface area contributed by atoms with E-state index in [9.17, 15) is 9.59 Å². The molecule has 2 unspecified atom stereocenters. The van der Waals surface area contributed by atoms with Crippen LogP contribution >= 0.6 is 0 Å². The standard InChI is InChI=1S/C15H22N2O3/c1-8(2)17(9(3)4)14(19)12-11(13(16)18)10-6-7-15(12,5)20-10/h6-10H,1-5H3,(H2,16,18). The summed E-state index contributed by atoms with van der Waals surface area (Å²) in [5, 5.41) is 0. The smallest absolute Gasteiger partial charge is 0.254 e. The monoisotopic (exact) mass is 278 g/mol. The summed E-state index contributed by atoms with van der Waals surface area (Å²) in [6, 6.07) is 0.0756. The molecule has 20 heavy (non-hydrogen) atoms. The largest absolute Gasteiger partial charge is 0.366 e. The number of carbonyl (C=O) groups excluding carboxylic acids is 2. The van der Waals surface area contributed by atoms with Crippen molar-refractivity contribution in [3.63, 3.8) is 0 Å². The van der Waals surface area contributed by atoms with Crippen molar-refractivity contribution in [2.45, 2.75) is 58.4 Å². The van der Waals surface area contributed by atoms with Gasteiger partial charge < -0.3 is 15.4 Å². The van der Waals surface area contributed by atoms with Gasteiger partial charge in [-0.25, -0.2) is 0 Å². The summed E-state index contributed by atoms with van der Waals surface area (Å²) in [7, 11) is 0. The molecule has 2 rings (SSSR count). The first kappa shape index (κ1) is 14.8. The first-order valence-corrected chi connectivity index (χ1v) is 6.93. The van der Waals surface area contributed by atoms with Gasteiger partial charge in [-0.15, -0.1) is 0 Å². The molecule has 0 aliphatic carbocycles. The Labute approximate surface area is 119 Å². The minimum absolute atomic E-state index is 0.0378. The lowest BCUT2D eigenvalue weighted by molar-refractivity contribution is -0.132. The third-order valence-electron chi connectivity index (χ3n) is 3.84. The van der Waals surface area contributed by atoms with Gasteiger partial charge in [0.1, 0.15) is 11.7 Å². The Bertz CT molecular complexity index is 511. The zero-order valence-corrected chi connectivity index (χ0v) is 12.6. The van der Waals surface area contributed by atoms with Crippen molar-refractivity contribution in [2.75, 3.05) is 0 Å². The molecular weight excluding hydrogens is 256 g/mol. The third kappa shape index (κ3) is 2.06. The molecule has 2 N–H and O–H groups in total. The van der Waals surface area contributed by atoms with E-state index in [2.05, 4.69) is 0 Å². The molecule has 5 heteroatoms. The van der Waals surface area contributed by atoms with E-state index in [-0.39, 0.29) is 18.0 Å². The number of fused-ring (bicyclic) bond motifs is 2. The first-order chi connectivity index (χ1) is 9.19. The molecule has 110 valence electrons. The molecule has 5 nitrogen and oxygen atoms in total. The Morgan fingerprint density at radius 3 is 2.30 bits per heavy atom. The van der Waals surface area contributed by atoms with Gasteiger partial charge in [0.25, 0.3) is 5.91 Å². The second-order valence-corrected chi connectivity index (χ2v) is 6.06. The van der Waals surface area contributed by atoms with E-state index in [1.54, 1.807) is 17.9 Å². The highest BCUT2D eigenvalue weighted by molar-refractivity contribution is 6.08. The molecule has 2 heterocycles. The van der Waals surface area contributed by atoms with Crippen LogP contribution in [-0.2, 0) is 14.3 Å². The fourth-order valence-corrected chi connectivity index (χ4v) is 3.11. The molecule has 2 aliphatic rings. The SMILES string of the molecule is CC(C)N(C(=O)C1=C(C(N)=O)C2C=CC1(C)O2)C(C)C. The molecule has 0 saturated heterocycles. The summed E-state index contributed by atoms with van der Waals surface area (Å²) in [4.78, 5) is 26.3. The van der Waals surface area contributed by atoms with E-state index >= 15 is 0 Å². The Morgan fingerprint density at radius 2 is 1.85 bits per heavy atom. The number of hydrogen-bond donors (Lipinski definition) is 1. The number of nitrogens with zero attached hydrogens (tertiary/aromatic N) is 1. The van der Waals surface area contributed by atoms with Crippen LogP contribution in [0.3, 0.4) is 0 Å². The van der Waals surface area contributed by atoms with Crippen LogP contribution in [0.2, 0.25) is 0 Å². The van der Waals surface area contributed by atoms with Crippen LogP contribution in [0, 0.1) is 0 Å². The summed E-state index contributed by atoms with van der Waals surface area (Å²) in [6.45, 7) is 9.61. The Hall–Kier alpha value is -1.62. The van der Waals surface area contributed by atoms with Crippen molar-refractivity contribution in [1.29, 1.82) is 0 Å². The fraction of sp³-hybridized carbons (Fsp3) is 0.600. The normalized spacial score (nSPS) is 27.9. The molecule has 0 spiro atoms. The van der Waals surface area contributed by atoms with Gasteiger partial charge in [0.05, 0.1) is 11.1 Å². The van der Waals surface area contributed by atoms with Crippen molar-refractivity contribution in [3.8, 4) is 0 Å². The Morgan fingerprint density at radius 1 is 1.30 bits per heavy atom. The summed E-state index contributed by atoms with van der Waals surface area (Å²) < 4.78 is 5.74. The molecule has 0 fully saturated rings. The van der Waals surface area contributed by atoms with Crippen molar-refractivity contribution in [2.24, 2.45) is 5.73 Å². The van der Waals surface area contributed by atoms with Crippen LogP contribution in [0.5, 0.6) is 0 Å². The Kier molecular flexibility index (Phi) is 3.50. The van der Waals surface area contributed by atoms with Gasteiger partial charge in [0.2, 0.25) is 5.91 Å². The van der Waals surface area contributed by atoms with Gasteiger partial charge in [-0.2, -0.15) is 0 Å². The highest BCUT2D eigenvalue weighted by Crippen LogP contribution is 2.43. The quantitative estimate of drug-likeness (QED) is 0.784. The number of rotatable bonds is 4. The minimum atomic E-state index is -0.839. The van der Waals surface area contributed by atoms with Crippen LogP contribution in [0.1, 0.15) is 34.6 Å². The van der Waals surface area contributed by atoms with E-state index in [1.807, 2.05) is 33.8 Å². The first-order valence-electron chi connectivity index (χ1n) is 6.93. The van der Waals surface area contributed by atoms with Crippen molar-refractivity contribution in [3.05, 3.63) is 23.3 Å². The number of hydrogen-bond acceptors (Lipinski definition) is 3.